The molecule has 0 spiro atoms. The average Bonchev–Trinajstić information content (AvgIpc) is 2.23. The fourth-order valence-electron chi connectivity index (χ4n) is 1.07. The quantitative estimate of drug-likeness (QED) is 0.447. The summed E-state index contributed by atoms with van der Waals surface area (Å²) in [7, 11) is 1.21. The smallest absolute Gasteiger partial charge is 0.235 e. The number of aromatic hydroxyl groups is 2. The molecular weight excluding hydrogens is 205 g/mol. The van der Waals surface area contributed by atoms with E-state index in [1.54, 1.807) is 0 Å². The summed E-state index contributed by atoms with van der Waals surface area (Å²) in [6.45, 7) is -0.411. The summed E-state index contributed by atoms with van der Waals surface area (Å²) >= 11 is 0. The van der Waals surface area contributed by atoms with Gasteiger partial charge in [-0.3, -0.25) is 0 Å². The number of hydrogen-bond acceptors (Lipinski definition) is 5. The Balaban J connectivity index is 3.32. The predicted molar refractivity (Wildman–Crippen MR) is 48.1 cm³/mol. The molecule has 15 heavy (non-hydrogen) atoms. The lowest BCUT2D eigenvalue weighted by molar-refractivity contribution is 0.359. The van der Waals surface area contributed by atoms with E-state index < -0.39 is 23.9 Å². The van der Waals surface area contributed by atoms with Crippen molar-refractivity contribution in [3.05, 3.63) is 17.4 Å². The van der Waals surface area contributed by atoms with E-state index in [2.05, 4.69) is 9.73 Å². The van der Waals surface area contributed by atoms with E-state index in [0.717, 1.165) is 6.07 Å². The molecule has 1 rings (SSSR count). The molecule has 5 nitrogen and oxygen atoms in total. The lowest BCUT2D eigenvalue weighted by Gasteiger charge is -2.08. The summed E-state index contributed by atoms with van der Waals surface area (Å²) in [5.74, 6) is -2.30. The number of halogens is 1. The molecule has 0 heterocycles. The van der Waals surface area contributed by atoms with Gasteiger partial charge < -0.3 is 14.9 Å². The Hall–Kier alpha value is -2.07. The largest absolute Gasteiger partial charge is 0.504 e. The highest BCUT2D eigenvalue weighted by Gasteiger charge is 2.17. The fraction of sp³-hybridized carbons (Fsp3) is 0.222. The van der Waals surface area contributed by atoms with Crippen LogP contribution in [0.3, 0.4) is 0 Å². The summed E-state index contributed by atoms with van der Waals surface area (Å²) < 4.78 is 18.1. The normalized spacial score (nSPS) is 9.47. The molecule has 0 atom stereocenters. The first kappa shape index (κ1) is 11.0. The van der Waals surface area contributed by atoms with Crippen molar-refractivity contribution in [2.24, 2.45) is 4.99 Å². The van der Waals surface area contributed by atoms with Crippen molar-refractivity contribution in [2.45, 2.75) is 6.54 Å². The minimum atomic E-state index is -0.869. The summed E-state index contributed by atoms with van der Waals surface area (Å²) in [5.41, 5.74) is -0.310. The fourth-order valence-corrected chi connectivity index (χ4v) is 1.07. The highest BCUT2D eigenvalue weighted by Crippen LogP contribution is 2.37. The van der Waals surface area contributed by atoms with E-state index in [-0.39, 0.29) is 11.3 Å². The van der Waals surface area contributed by atoms with Crippen LogP contribution in [-0.2, 0) is 11.3 Å². The van der Waals surface area contributed by atoms with Gasteiger partial charge in [0.15, 0.2) is 23.1 Å². The predicted octanol–water partition coefficient (Wildman–Crippen LogP) is 1.08. The van der Waals surface area contributed by atoms with Crippen LogP contribution in [0.2, 0.25) is 0 Å². The lowest BCUT2D eigenvalue weighted by atomic mass is 10.1. The number of ether oxygens (including phenoxy) is 1. The van der Waals surface area contributed by atoms with E-state index in [1.807, 2.05) is 0 Å². The molecule has 1 aromatic carbocycles. The van der Waals surface area contributed by atoms with E-state index in [9.17, 15) is 19.4 Å². The third-order valence-corrected chi connectivity index (χ3v) is 1.80. The maximum absolute atomic E-state index is 13.5. The van der Waals surface area contributed by atoms with Crippen LogP contribution in [0.4, 0.5) is 4.39 Å². The van der Waals surface area contributed by atoms with Gasteiger partial charge in [-0.15, -0.1) is 0 Å². The Kier molecular flexibility index (Phi) is 3.25. The molecule has 80 valence electrons. The molecule has 0 bridgehead atoms. The Morgan fingerprint density at radius 3 is 2.80 bits per heavy atom. The molecule has 0 aliphatic carbocycles. The van der Waals surface area contributed by atoms with Crippen molar-refractivity contribution >= 4 is 6.08 Å². The van der Waals surface area contributed by atoms with Crippen LogP contribution < -0.4 is 4.74 Å². The first-order valence-corrected chi connectivity index (χ1v) is 3.92. The van der Waals surface area contributed by atoms with E-state index in [4.69, 9.17) is 0 Å². The minimum absolute atomic E-state index is 0.235. The summed E-state index contributed by atoms with van der Waals surface area (Å²) in [6, 6.07) is 0.929. The zero-order chi connectivity index (χ0) is 11.4. The molecule has 0 saturated carbocycles. The van der Waals surface area contributed by atoms with Gasteiger partial charge in [-0.05, 0) is 0 Å². The molecule has 0 saturated heterocycles. The lowest BCUT2D eigenvalue weighted by Crippen LogP contribution is -1.95. The summed E-state index contributed by atoms with van der Waals surface area (Å²) in [4.78, 5) is 13.0. The second-order valence-electron chi connectivity index (χ2n) is 2.65. The molecule has 6 heteroatoms. The molecule has 0 radical (unpaired) electrons. The zero-order valence-electron chi connectivity index (χ0n) is 7.82. The first-order chi connectivity index (χ1) is 7.11. The van der Waals surface area contributed by atoms with Gasteiger partial charge in [-0.1, -0.05) is 0 Å². The SMILES string of the molecule is COc1cc(O)c(O)c(CN=C=O)c1F. The highest BCUT2D eigenvalue weighted by molar-refractivity contribution is 5.51. The van der Waals surface area contributed by atoms with Crippen molar-refractivity contribution in [3.8, 4) is 17.2 Å². The standard InChI is InChI=1S/C9H8FNO4/c1-15-7-2-6(13)9(14)5(8(7)10)3-11-4-12/h2,13-14H,3H2,1H3. The van der Waals surface area contributed by atoms with Crippen molar-refractivity contribution in [3.63, 3.8) is 0 Å². The van der Waals surface area contributed by atoms with E-state index in [1.165, 1.54) is 13.2 Å². The van der Waals surface area contributed by atoms with Crippen molar-refractivity contribution in [2.75, 3.05) is 7.11 Å². The molecule has 1 aromatic rings. The Morgan fingerprint density at radius 2 is 2.27 bits per heavy atom. The van der Waals surface area contributed by atoms with Gasteiger partial charge in [0, 0.05) is 6.07 Å². The van der Waals surface area contributed by atoms with Crippen LogP contribution in [0.1, 0.15) is 5.56 Å². The number of isocyanates is 1. The molecule has 0 aromatic heterocycles. The molecular formula is C9H8FNO4. The van der Waals surface area contributed by atoms with Crippen LogP contribution in [0.5, 0.6) is 17.2 Å². The van der Waals surface area contributed by atoms with E-state index >= 15 is 0 Å². The summed E-state index contributed by atoms with van der Waals surface area (Å²) in [5, 5.41) is 18.5. The number of phenolic OH excluding ortho intramolecular Hbond substituents is 2. The Morgan fingerprint density at radius 1 is 1.60 bits per heavy atom. The van der Waals surface area contributed by atoms with Gasteiger partial charge in [-0.25, -0.2) is 14.2 Å². The van der Waals surface area contributed by atoms with Crippen LogP contribution in [-0.4, -0.2) is 23.4 Å². The molecule has 0 amide bonds. The van der Waals surface area contributed by atoms with Gasteiger partial charge in [-0.2, -0.15) is 0 Å². The number of hydrogen-bond donors (Lipinski definition) is 2. The summed E-state index contributed by atoms with van der Waals surface area (Å²) in [6.07, 6.45) is 1.20. The van der Waals surface area contributed by atoms with Gasteiger partial charge in [0.25, 0.3) is 0 Å². The van der Waals surface area contributed by atoms with Crippen molar-refractivity contribution in [1.82, 2.24) is 0 Å². The van der Waals surface area contributed by atoms with Crippen molar-refractivity contribution in [1.29, 1.82) is 0 Å². The molecule has 2 N–H and O–H groups in total. The Labute approximate surface area is 84.5 Å². The average molecular weight is 213 g/mol. The van der Waals surface area contributed by atoms with Crippen LogP contribution >= 0.6 is 0 Å². The van der Waals surface area contributed by atoms with Crippen molar-refractivity contribution < 1.29 is 24.1 Å². The van der Waals surface area contributed by atoms with Crippen LogP contribution in [0.25, 0.3) is 0 Å². The monoisotopic (exact) mass is 213 g/mol. The second kappa shape index (κ2) is 4.43. The number of methoxy groups -OCH3 is 1. The van der Waals surface area contributed by atoms with E-state index in [0.29, 0.717) is 0 Å². The van der Waals surface area contributed by atoms with Crippen LogP contribution in [0.15, 0.2) is 11.1 Å². The Bertz CT molecular complexity index is 427. The maximum atomic E-state index is 13.5. The van der Waals surface area contributed by atoms with Gasteiger partial charge in [0.1, 0.15) is 0 Å². The topological polar surface area (TPSA) is 79.1 Å². The number of benzene rings is 1. The number of rotatable bonds is 3. The maximum Gasteiger partial charge on any atom is 0.235 e. The third kappa shape index (κ3) is 2.05. The molecule has 0 aliphatic heterocycles. The number of aliphatic imine (C=N–C) groups is 1. The highest BCUT2D eigenvalue weighted by atomic mass is 19.1. The van der Waals surface area contributed by atoms with Gasteiger partial charge in [0.2, 0.25) is 6.08 Å². The minimum Gasteiger partial charge on any atom is -0.504 e. The zero-order valence-corrected chi connectivity index (χ0v) is 7.82. The molecule has 0 unspecified atom stereocenters. The van der Waals surface area contributed by atoms with Gasteiger partial charge in [0.05, 0.1) is 19.2 Å². The van der Waals surface area contributed by atoms with Gasteiger partial charge >= 0.3 is 0 Å². The second-order valence-corrected chi connectivity index (χ2v) is 2.65. The van der Waals surface area contributed by atoms with Crippen LogP contribution in [0, 0.1) is 5.82 Å². The number of nitrogens with zero attached hydrogens (tertiary/aromatic N) is 1. The first-order valence-electron chi connectivity index (χ1n) is 3.92. The number of phenols is 2. The number of carbonyl (C=O) groups excluding carboxylic acids is 1. The molecule has 0 aliphatic rings. The third-order valence-electron chi connectivity index (χ3n) is 1.80. The molecule has 0 fully saturated rings.